The summed E-state index contributed by atoms with van der Waals surface area (Å²) >= 11 is 0. The zero-order chi connectivity index (χ0) is 20.5. The number of carbonyl (C=O) groups excluding carboxylic acids is 1. The molecule has 150 valence electrons. The Bertz CT molecular complexity index is 845. The summed E-state index contributed by atoms with van der Waals surface area (Å²) in [7, 11) is 0. The Morgan fingerprint density at radius 1 is 1.07 bits per heavy atom. The van der Waals surface area contributed by atoms with Crippen molar-refractivity contribution in [2.45, 2.75) is 31.0 Å². The van der Waals surface area contributed by atoms with Crippen LogP contribution in [0, 0.1) is 0 Å². The van der Waals surface area contributed by atoms with E-state index in [2.05, 4.69) is 0 Å². The first-order chi connectivity index (χ1) is 13.2. The number of halogens is 3. The lowest BCUT2D eigenvalue weighted by Gasteiger charge is -2.34. The highest BCUT2D eigenvalue weighted by Gasteiger charge is 2.32. The zero-order valence-electron chi connectivity index (χ0n) is 15.0. The lowest BCUT2D eigenvalue weighted by atomic mass is 9.88. The van der Waals surface area contributed by atoms with Gasteiger partial charge < -0.3 is 20.8 Å². The summed E-state index contributed by atoms with van der Waals surface area (Å²) in [5.74, 6) is -0.289. The molecule has 2 aromatic carbocycles. The fraction of sp³-hybridized carbons (Fsp3) is 0.350. The number of rotatable bonds is 3. The molecular weight excluding hydrogens is 373 g/mol. The van der Waals surface area contributed by atoms with Crippen LogP contribution >= 0.6 is 0 Å². The third-order valence-corrected chi connectivity index (χ3v) is 5.12. The van der Waals surface area contributed by atoms with E-state index in [0.717, 1.165) is 17.7 Å². The third kappa shape index (κ3) is 4.22. The molecule has 1 fully saturated rings. The predicted molar refractivity (Wildman–Crippen MR) is 96.7 cm³/mol. The second-order valence-electron chi connectivity index (χ2n) is 6.94. The van der Waals surface area contributed by atoms with Crippen LogP contribution in [0.3, 0.4) is 0 Å². The van der Waals surface area contributed by atoms with Crippen LogP contribution in [0.15, 0.2) is 42.5 Å². The van der Waals surface area contributed by atoms with Gasteiger partial charge >= 0.3 is 6.18 Å². The number of aromatic hydroxyl groups is 2. The molecule has 0 aliphatic carbocycles. The number of hydrogen-bond acceptors (Lipinski definition) is 4. The van der Waals surface area contributed by atoms with Gasteiger partial charge in [-0.1, -0.05) is 18.2 Å². The minimum atomic E-state index is -4.44. The number of hydrogen-bond donors (Lipinski definition) is 3. The minimum Gasteiger partial charge on any atom is -0.508 e. The second kappa shape index (κ2) is 7.71. The molecule has 3 rings (SSSR count). The summed E-state index contributed by atoms with van der Waals surface area (Å²) in [5.41, 5.74) is 6.24. The van der Waals surface area contributed by atoms with Crippen molar-refractivity contribution in [3.8, 4) is 11.5 Å². The number of phenolic OH excluding ortho intramolecular Hbond substituents is 2. The van der Waals surface area contributed by atoms with Gasteiger partial charge in [-0.25, -0.2) is 0 Å². The summed E-state index contributed by atoms with van der Waals surface area (Å²) in [4.78, 5) is 14.2. The molecule has 1 unspecified atom stereocenters. The van der Waals surface area contributed by atoms with Crippen molar-refractivity contribution in [2.24, 2.45) is 5.73 Å². The first-order valence-electron chi connectivity index (χ1n) is 8.90. The molecule has 0 radical (unpaired) electrons. The molecule has 0 saturated carbocycles. The van der Waals surface area contributed by atoms with Crippen molar-refractivity contribution in [1.29, 1.82) is 0 Å². The van der Waals surface area contributed by atoms with E-state index in [1.165, 1.54) is 24.3 Å². The van der Waals surface area contributed by atoms with Gasteiger partial charge in [-0.05, 0) is 48.1 Å². The number of piperidine rings is 1. The Morgan fingerprint density at radius 2 is 1.68 bits per heavy atom. The van der Waals surface area contributed by atoms with Gasteiger partial charge in [-0.3, -0.25) is 4.79 Å². The van der Waals surface area contributed by atoms with Crippen LogP contribution in [0.25, 0.3) is 0 Å². The van der Waals surface area contributed by atoms with Crippen LogP contribution in [0.4, 0.5) is 13.2 Å². The monoisotopic (exact) mass is 394 g/mol. The summed E-state index contributed by atoms with van der Waals surface area (Å²) in [6, 6.07) is 7.73. The Balaban J connectivity index is 1.63. The van der Waals surface area contributed by atoms with E-state index in [9.17, 15) is 28.2 Å². The predicted octanol–water partition coefficient (Wildman–Crippen LogP) is 3.52. The number of carbonyl (C=O) groups is 1. The van der Waals surface area contributed by atoms with Crippen molar-refractivity contribution in [2.75, 3.05) is 13.1 Å². The maximum Gasteiger partial charge on any atom is 0.416 e. The quantitative estimate of drug-likeness (QED) is 0.743. The van der Waals surface area contributed by atoms with Crippen molar-refractivity contribution >= 4 is 5.91 Å². The minimum absolute atomic E-state index is 0.0172. The van der Waals surface area contributed by atoms with Gasteiger partial charge in [0.05, 0.1) is 5.56 Å². The van der Waals surface area contributed by atoms with Crippen molar-refractivity contribution in [3.05, 3.63) is 59.2 Å². The van der Waals surface area contributed by atoms with Gasteiger partial charge in [-0.2, -0.15) is 13.2 Å². The van der Waals surface area contributed by atoms with E-state index >= 15 is 0 Å². The van der Waals surface area contributed by atoms with E-state index in [1.54, 1.807) is 11.0 Å². The highest BCUT2D eigenvalue weighted by molar-refractivity contribution is 5.83. The molecule has 1 aliphatic heterocycles. The fourth-order valence-electron chi connectivity index (χ4n) is 3.51. The van der Waals surface area contributed by atoms with Crippen LogP contribution in [-0.2, 0) is 11.0 Å². The standard InChI is InChI=1S/C20H21F3N2O3/c21-20(22,23)14-3-1-13(2-4-14)18(24)19(28)25-9-7-12(8-10-25)16-6-5-15(26)11-17(16)27/h1-6,11-12,18,26-27H,7-10,24H2. The molecule has 8 heteroatoms. The second-order valence-corrected chi connectivity index (χ2v) is 6.94. The number of phenols is 2. The molecule has 4 N–H and O–H groups in total. The molecule has 1 amide bonds. The van der Waals surface area contributed by atoms with E-state index in [1.807, 2.05) is 0 Å². The molecule has 1 aliphatic rings. The summed E-state index contributed by atoms with van der Waals surface area (Å²) in [6.45, 7) is 0.857. The van der Waals surface area contributed by atoms with E-state index in [0.29, 0.717) is 31.5 Å². The molecule has 0 aromatic heterocycles. The Kier molecular flexibility index (Phi) is 5.51. The van der Waals surface area contributed by atoms with Gasteiger partial charge in [0.2, 0.25) is 5.91 Å². The van der Waals surface area contributed by atoms with Gasteiger partial charge in [0.15, 0.2) is 0 Å². The topological polar surface area (TPSA) is 86.8 Å². The Hall–Kier alpha value is -2.74. The summed E-state index contributed by atoms with van der Waals surface area (Å²) < 4.78 is 38.0. The number of likely N-dealkylation sites (tertiary alicyclic amines) is 1. The highest BCUT2D eigenvalue weighted by Crippen LogP contribution is 2.36. The van der Waals surface area contributed by atoms with Gasteiger partial charge in [0, 0.05) is 19.2 Å². The lowest BCUT2D eigenvalue weighted by molar-refractivity contribution is -0.137. The van der Waals surface area contributed by atoms with E-state index < -0.39 is 17.8 Å². The first kappa shape index (κ1) is 20.0. The van der Waals surface area contributed by atoms with Gasteiger partial charge in [0.25, 0.3) is 0 Å². The van der Waals surface area contributed by atoms with Crippen LogP contribution in [-0.4, -0.2) is 34.1 Å². The number of alkyl halides is 3. The van der Waals surface area contributed by atoms with E-state index in [4.69, 9.17) is 5.73 Å². The van der Waals surface area contributed by atoms with Crippen LogP contribution < -0.4 is 5.73 Å². The third-order valence-electron chi connectivity index (χ3n) is 5.12. The number of amides is 1. The summed E-state index contributed by atoms with van der Waals surface area (Å²) in [5, 5.41) is 19.4. The van der Waals surface area contributed by atoms with Gasteiger partial charge in [0.1, 0.15) is 17.5 Å². The van der Waals surface area contributed by atoms with Crippen LogP contribution in [0.5, 0.6) is 11.5 Å². The average Bonchev–Trinajstić information content (AvgIpc) is 2.66. The fourth-order valence-corrected chi connectivity index (χ4v) is 3.51. The maximum atomic E-state index is 12.7. The molecular formula is C20H21F3N2O3. The molecule has 1 atom stereocenters. The molecule has 1 heterocycles. The SMILES string of the molecule is NC(C(=O)N1CCC(c2ccc(O)cc2O)CC1)c1ccc(C(F)(F)F)cc1. The molecule has 0 spiro atoms. The Morgan fingerprint density at radius 3 is 2.21 bits per heavy atom. The molecule has 5 nitrogen and oxygen atoms in total. The molecule has 0 bridgehead atoms. The summed E-state index contributed by atoms with van der Waals surface area (Å²) in [6.07, 6.45) is -3.21. The number of benzene rings is 2. The van der Waals surface area contributed by atoms with Crippen molar-refractivity contribution in [1.82, 2.24) is 4.90 Å². The van der Waals surface area contributed by atoms with Crippen molar-refractivity contribution < 1.29 is 28.2 Å². The first-order valence-corrected chi connectivity index (χ1v) is 8.90. The molecule has 2 aromatic rings. The highest BCUT2D eigenvalue weighted by atomic mass is 19.4. The Labute approximate surface area is 160 Å². The van der Waals surface area contributed by atoms with Gasteiger partial charge in [-0.15, -0.1) is 0 Å². The average molecular weight is 394 g/mol. The smallest absolute Gasteiger partial charge is 0.416 e. The van der Waals surface area contributed by atoms with Crippen LogP contribution in [0.1, 0.15) is 41.5 Å². The molecule has 1 saturated heterocycles. The normalized spacial score (nSPS) is 16.8. The van der Waals surface area contributed by atoms with Crippen molar-refractivity contribution in [3.63, 3.8) is 0 Å². The lowest BCUT2D eigenvalue weighted by Crippen LogP contribution is -2.42. The zero-order valence-corrected chi connectivity index (χ0v) is 15.0. The maximum absolute atomic E-state index is 12.7. The number of nitrogens with zero attached hydrogens (tertiary/aromatic N) is 1. The van der Waals surface area contributed by atoms with E-state index in [-0.39, 0.29) is 23.3 Å². The van der Waals surface area contributed by atoms with Crippen LogP contribution in [0.2, 0.25) is 0 Å². The molecule has 28 heavy (non-hydrogen) atoms. The number of nitrogens with two attached hydrogens (primary N) is 1. The largest absolute Gasteiger partial charge is 0.508 e.